The van der Waals surface area contributed by atoms with Crippen molar-refractivity contribution in [3.05, 3.63) is 76.4 Å². The molecule has 4 aromatic rings. The van der Waals surface area contributed by atoms with Gasteiger partial charge in [-0.1, -0.05) is 35.9 Å². The molecule has 1 amide bonds. The van der Waals surface area contributed by atoms with E-state index in [1.807, 2.05) is 49.4 Å². The van der Waals surface area contributed by atoms with Crippen LogP contribution in [0, 0.1) is 6.92 Å². The summed E-state index contributed by atoms with van der Waals surface area (Å²) in [6.45, 7) is 2.29. The zero-order valence-corrected chi connectivity index (χ0v) is 16.4. The summed E-state index contributed by atoms with van der Waals surface area (Å²) in [5.74, 6) is 0.923. The number of nitrogens with zero attached hydrogens (tertiary/aromatic N) is 3. The van der Waals surface area contributed by atoms with E-state index < -0.39 is 0 Å². The van der Waals surface area contributed by atoms with E-state index in [9.17, 15) is 9.59 Å². The maximum absolute atomic E-state index is 12.2. The molecule has 3 heterocycles. The van der Waals surface area contributed by atoms with Gasteiger partial charge in [-0.2, -0.15) is 5.10 Å². The van der Waals surface area contributed by atoms with Gasteiger partial charge in [-0.3, -0.25) is 14.8 Å². The van der Waals surface area contributed by atoms with Gasteiger partial charge < -0.3 is 10.3 Å². The molecule has 1 aromatic carbocycles. The SMILES string of the molecule is Cc1ccc(-c2nc(CNC(=O)CCc3n[nH]c(=O)[nH]3)[nH]c2-c2ccccn2)cc1. The van der Waals surface area contributed by atoms with E-state index in [1.54, 1.807) is 6.20 Å². The van der Waals surface area contributed by atoms with Gasteiger partial charge in [0.15, 0.2) is 0 Å². The molecule has 0 unspecified atom stereocenters. The lowest BCUT2D eigenvalue weighted by molar-refractivity contribution is -0.121. The van der Waals surface area contributed by atoms with Crippen molar-refractivity contribution in [2.24, 2.45) is 0 Å². The molecule has 0 bridgehead atoms. The van der Waals surface area contributed by atoms with Crippen LogP contribution in [-0.4, -0.2) is 36.0 Å². The molecule has 0 atom stereocenters. The van der Waals surface area contributed by atoms with Crippen LogP contribution in [0.25, 0.3) is 22.6 Å². The smallest absolute Gasteiger partial charge is 0.340 e. The summed E-state index contributed by atoms with van der Waals surface area (Å²) < 4.78 is 0. The van der Waals surface area contributed by atoms with Gasteiger partial charge in [0.2, 0.25) is 5.91 Å². The number of nitrogens with one attached hydrogen (secondary N) is 4. The highest BCUT2D eigenvalue weighted by atomic mass is 16.2. The lowest BCUT2D eigenvalue weighted by Crippen LogP contribution is -2.23. The number of rotatable bonds is 7. The number of hydrogen-bond acceptors (Lipinski definition) is 5. The van der Waals surface area contributed by atoms with Crippen molar-refractivity contribution >= 4 is 5.91 Å². The number of H-pyrrole nitrogens is 3. The first kappa shape index (κ1) is 19.3. The van der Waals surface area contributed by atoms with Gasteiger partial charge in [-0.25, -0.2) is 14.9 Å². The number of amides is 1. The molecular formula is C21H21N7O2. The van der Waals surface area contributed by atoms with Crippen LogP contribution in [-0.2, 0) is 17.8 Å². The summed E-state index contributed by atoms with van der Waals surface area (Å²) in [7, 11) is 0. The van der Waals surface area contributed by atoms with Gasteiger partial charge in [0.25, 0.3) is 0 Å². The third-order valence-electron chi connectivity index (χ3n) is 4.59. The zero-order valence-electron chi connectivity index (χ0n) is 16.4. The molecule has 4 rings (SSSR count). The van der Waals surface area contributed by atoms with Gasteiger partial charge >= 0.3 is 5.69 Å². The number of carbonyl (C=O) groups is 1. The predicted octanol–water partition coefficient (Wildman–Crippen LogP) is 2.11. The predicted molar refractivity (Wildman–Crippen MR) is 111 cm³/mol. The van der Waals surface area contributed by atoms with Crippen molar-refractivity contribution in [2.45, 2.75) is 26.3 Å². The van der Waals surface area contributed by atoms with Crippen LogP contribution in [0.3, 0.4) is 0 Å². The highest BCUT2D eigenvalue weighted by molar-refractivity contribution is 5.77. The molecule has 0 spiro atoms. The summed E-state index contributed by atoms with van der Waals surface area (Å²) in [5.41, 5.74) is 4.12. The number of pyridine rings is 1. The van der Waals surface area contributed by atoms with Crippen LogP contribution in [0.5, 0.6) is 0 Å². The summed E-state index contributed by atoms with van der Waals surface area (Å²) in [4.78, 5) is 38.2. The second-order valence-electron chi connectivity index (χ2n) is 6.89. The molecule has 9 nitrogen and oxygen atoms in total. The number of hydrogen-bond donors (Lipinski definition) is 4. The number of carbonyl (C=O) groups excluding carboxylic acids is 1. The van der Waals surface area contributed by atoms with E-state index in [1.165, 1.54) is 5.56 Å². The molecule has 0 aliphatic rings. The Morgan fingerprint density at radius 2 is 1.90 bits per heavy atom. The van der Waals surface area contributed by atoms with E-state index in [2.05, 4.69) is 30.5 Å². The van der Waals surface area contributed by atoms with Crippen molar-refractivity contribution in [1.29, 1.82) is 0 Å². The van der Waals surface area contributed by atoms with E-state index in [4.69, 9.17) is 4.98 Å². The first-order valence-corrected chi connectivity index (χ1v) is 9.56. The molecule has 0 saturated carbocycles. The van der Waals surface area contributed by atoms with Gasteiger partial charge in [0.05, 0.1) is 23.6 Å². The third kappa shape index (κ3) is 4.52. The fourth-order valence-electron chi connectivity index (χ4n) is 3.05. The number of aromatic amines is 3. The third-order valence-corrected chi connectivity index (χ3v) is 4.59. The van der Waals surface area contributed by atoms with Crippen molar-refractivity contribution in [2.75, 3.05) is 0 Å². The number of aryl methyl sites for hydroxylation is 2. The largest absolute Gasteiger partial charge is 0.349 e. The minimum Gasteiger partial charge on any atom is -0.349 e. The fraction of sp³-hybridized carbons (Fsp3) is 0.190. The van der Waals surface area contributed by atoms with E-state index in [-0.39, 0.29) is 24.6 Å². The molecule has 4 N–H and O–H groups in total. The Balaban J connectivity index is 1.50. The Morgan fingerprint density at radius 1 is 1.07 bits per heavy atom. The zero-order chi connectivity index (χ0) is 20.9. The normalized spacial score (nSPS) is 10.8. The van der Waals surface area contributed by atoms with Crippen molar-refractivity contribution in [1.82, 2.24) is 35.5 Å². The fourth-order valence-corrected chi connectivity index (χ4v) is 3.05. The molecule has 0 radical (unpaired) electrons. The lowest BCUT2D eigenvalue weighted by Gasteiger charge is -2.02. The second kappa shape index (κ2) is 8.56. The second-order valence-corrected chi connectivity index (χ2v) is 6.89. The van der Waals surface area contributed by atoms with Crippen LogP contribution in [0.4, 0.5) is 0 Å². The van der Waals surface area contributed by atoms with Crippen LogP contribution >= 0.6 is 0 Å². The number of aromatic nitrogens is 6. The molecule has 152 valence electrons. The quantitative estimate of drug-likeness (QED) is 0.375. The Bertz CT molecular complexity index is 1190. The van der Waals surface area contributed by atoms with Gasteiger partial charge in [0.1, 0.15) is 11.6 Å². The molecule has 3 aromatic heterocycles. The molecule has 0 saturated heterocycles. The van der Waals surface area contributed by atoms with Crippen molar-refractivity contribution in [3.63, 3.8) is 0 Å². The average molecular weight is 403 g/mol. The highest BCUT2D eigenvalue weighted by Gasteiger charge is 2.15. The molecule has 0 aliphatic heterocycles. The maximum atomic E-state index is 12.2. The summed E-state index contributed by atoms with van der Waals surface area (Å²) in [5, 5.41) is 8.92. The van der Waals surface area contributed by atoms with Gasteiger partial charge in [0, 0.05) is 24.6 Å². The molecule has 0 aliphatic carbocycles. The Kier molecular flexibility index (Phi) is 5.51. The first-order valence-electron chi connectivity index (χ1n) is 9.56. The van der Waals surface area contributed by atoms with Crippen LogP contribution in [0.2, 0.25) is 0 Å². The van der Waals surface area contributed by atoms with E-state index in [0.717, 1.165) is 22.6 Å². The van der Waals surface area contributed by atoms with E-state index in [0.29, 0.717) is 18.1 Å². The van der Waals surface area contributed by atoms with Crippen LogP contribution in [0.15, 0.2) is 53.5 Å². The number of imidazole rings is 1. The van der Waals surface area contributed by atoms with Crippen LogP contribution < -0.4 is 11.0 Å². The van der Waals surface area contributed by atoms with E-state index >= 15 is 0 Å². The Morgan fingerprint density at radius 3 is 2.60 bits per heavy atom. The topological polar surface area (TPSA) is 132 Å². The molecule has 30 heavy (non-hydrogen) atoms. The average Bonchev–Trinajstić information content (AvgIpc) is 3.38. The van der Waals surface area contributed by atoms with Crippen molar-refractivity contribution in [3.8, 4) is 22.6 Å². The highest BCUT2D eigenvalue weighted by Crippen LogP contribution is 2.29. The molecule has 0 fully saturated rings. The standard InChI is InChI=1S/C21H21N7O2/c1-13-5-7-14(8-6-13)19-20(15-4-2-3-11-22-15)25-17(24-19)12-23-18(29)10-9-16-26-21(30)28-27-16/h2-8,11H,9-10,12H2,1H3,(H,23,29)(H,24,25)(H2,26,27,28,30). The summed E-state index contributed by atoms with van der Waals surface area (Å²) >= 11 is 0. The van der Waals surface area contributed by atoms with Gasteiger partial charge in [-0.15, -0.1) is 0 Å². The van der Waals surface area contributed by atoms with Gasteiger partial charge in [-0.05, 0) is 19.1 Å². The van der Waals surface area contributed by atoms with Crippen molar-refractivity contribution < 1.29 is 4.79 Å². The minimum absolute atomic E-state index is 0.161. The Hall–Kier alpha value is -4.01. The minimum atomic E-state index is -0.383. The maximum Gasteiger partial charge on any atom is 0.340 e. The van der Waals surface area contributed by atoms with Crippen LogP contribution in [0.1, 0.15) is 23.6 Å². The monoisotopic (exact) mass is 403 g/mol. The molecule has 9 heteroatoms. The molecular weight excluding hydrogens is 382 g/mol. The number of benzene rings is 1. The lowest BCUT2D eigenvalue weighted by atomic mass is 10.1. The summed E-state index contributed by atoms with van der Waals surface area (Å²) in [6.07, 6.45) is 2.28. The summed E-state index contributed by atoms with van der Waals surface area (Å²) in [6, 6.07) is 13.8. The Labute approximate surface area is 172 Å². The first-order chi connectivity index (χ1) is 14.6.